The molecule has 5 atom stereocenters. The molecule has 2 aromatic carbocycles. The lowest BCUT2D eigenvalue weighted by molar-refractivity contribution is -0.0925. The minimum absolute atomic E-state index is 0.329. The number of hydrogen-bond donors (Lipinski definition) is 2. The molecule has 0 aromatic heterocycles. The van der Waals surface area contributed by atoms with E-state index < -0.39 is 5.60 Å². The number of fused-ring (bicyclic) bond motifs is 5. The maximum atomic E-state index is 11.9. The van der Waals surface area contributed by atoms with Gasteiger partial charge in [-0.1, -0.05) is 60.7 Å². The van der Waals surface area contributed by atoms with Gasteiger partial charge in [0, 0.05) is 11.0 Å². The molecule has 2 nitrogen and oxygen atoms in total. The van der Waals surface area contributed by atoms with Gasteiger partial charge in [0.1, 0.15) is 5.75 Å². The predicted molar refractivity (Wildman–Crippen MR) is 120 cm³/mol. The average molecular weight is 419 g/mol. The normalized spacial score (nSPS) is 34.5. The molecule has 2 aromatic rings. The van der Waals surface area contributed by atoms with Crippen molar-refractivity contribution in [1.82, 2.24) is 0 Å². The summed E-state index contributed by atoms with van der Waals surface area (Å²) in [5.74, 6) is 8.03. The van der Waals surface area contributed by atoms with Crippen LogP contribution >= 0.6 is 11.6 Å². The van der Waals surface area contributed by atoms with Crippen molar-refractivity contribution in [3.8, 4) is 17.6 Å². The van der Waals surface area contributed by atoms with E-state index in [0.717, 1.165) is 37.7 Å². The molecule has 0 amide bonds. The zero-order valence-corrected chi connectivity index (χ0v) is 18.0. The van der Waals surface area contributed by atoms with Crippen LogP contribution in [0.4, 0.5) is 0 Å². The molecule has 1 fully saturated rings. The molecule has 3 aliphatic carbocycles. The highest BCUT2D eigenvalue weighted by Crippen LogP contribution is 2.62. The Balaban J connectivity index is 1.53. The Kier molecular flexibility index (Phi) is 4.73. The molecule has 0 heterocycles. The lowest BCUT2D eigenvalue weighted by atomic mass is 9.48. The number of aromatic hydroxyl groups is 1. The lowest BCUT2D eigenvalue weighted by Gasteiger charge is -2.58. The number of allylic oxidation sites excluding steroid dienone is 1. The van der Waals surface area contributed by atoms with Crippen LogP contribution in [-0.2, 0) is 6.42 Å². The Morgan fingerprint density at radius 2 is 1.90 bits per heavy atom. The molecule has 1 saturated carbocycles. The van der Waals surface area contributed by atoms with Gasteiger partial charge in [-0.3, -0.25) is 0 Å². The Hall–Kier alpha value is -2.21. The summed E-state index contributed by atoms with van der Waals surface area (Å²) < 4.78 is 0. The van der Waals surface area contributed by atoms with Gasteiger partial charge in [0.2, 0.25) is 0 Å². The monoisotopic (exact) mass is 418 g/mol. The fourth-order valence-electron chi connectivity index (χ4n) is 6.31. The van der Waals surface area contributed by atoms with Gasteiger partial charge >= 0.3 is 0 Å². The molecule has 2 N–H and O–H groups in total. The number of aryl methyl sites for hydroxylation is 1. The number of phenols is 1. The Morgan fingerprint density at radius 1 is 1.10 bits per heavy atom. The molecule has 3 heteroatoms. The standard InChI is InChI=1S/C27H27ClO2/c1-26-15-14-22-21-10-8-20(29)17-19(21)7-9-23(22)24(26)11-12-25(28)27(26,30)16-13-18-5-3-2-4-6-18/h2-6,8,10,12,17,22-24,29-30H,7,9,11,14-15H2,1H3/t22-,23-,24+,26+,27+/m1/s1. The predicted octanol–water partition coefficient (Wildman–Crippen LogP) is 5.76. The second-order valence-corrected chi connectivity index (χ2v) is 9.78. The summed E-state index contributed by atoms with van der Waals surface area (Å²) in [4.78, 5) is 0. The van der Waals surface area contributed by atoms with Crippen LogP contribution in [0.5, 0.6) is 5.75 Å². The minimum Gasteiger partial charge on any atom is -0.508 e. The molecule has 0 bridgehead atoms. The highest BCUT2D eigenvalue weighted by atomic mass is 35.5. The third-order valence-corrected chi connectivity index (χ3v) is 8.41. The van der Waals surface area contributed by atoms with E-state index in [1.807, 2.05) is 48.5 Å². The highest BCUT2D eigenvalue weighted by Gasteiger charge is 2.60. The maximum absolute atomic E-state index is 11.9. The molecule has 3 aliphatic rings. The molecule has 0 spiro atoms. The summed E-state index contributed by atoms with van der Waals surface area (Å²) in [6.07, 6.45) is 6.83. The number of hydrogen-bond acceptors (Lipinski definition) is 2. The largest absolute Gasteiger partial charge is 0.508 e. The van der Waals surface area contributed by atoms with E-state index in [1.54, 1.807) is 0 Å². The molecule has 154 valence electrons. The lowest BCUT2D eigenvalue weighted by Crippen LogP contribution is -2.57. The van der Waals surface area contributed by atoms with Crippen LogP contribution in [0.3, 0.4) is 0 Å². The number of phenolic OH excluding ortho intramolecular Hbond substituents is 1. The van der Waals surface area contributed by atoms with Crippen molar-refractivity contribution in [3.63, 3.8) is 0 Å². The number of rotatable bonds is 0. The van der Waals surface area contributed by atoms with E-state index in [1.165, 1.54) is 11.1 Å². The topological polar surface area (TPSA) is 40.5 Å². The second-order valence-electron chi connectivity index (χ2n) is 9.37. The van der Waals surface area contributed by atoms with E-state index in [4.69, 9.17) is 11.6 Å². The van der Waals surface area contributed by atoms with Gasteiger partial charge in [-0.05, 0) is 85.3 Å². The van der Waals surface area contributed by atoms with Crippen LogP contribution in [0.25, 0.3) is 0 Å². The van der Waals surface area contributed by atoms with Crippen LogP contribution in [0, 0.1) is 29.1 Å². The van der Waals surface area contributed by atoms with Gasteiger partial charge in [0.15, 0.2) is 5.60 Å². The van der Waals surface area contributed by atoms with Crippen LogP contribution in [0.1, 0.15) is 55.2 Å². The number of aliphatic hydroxyl groups is 1. The quantitative estimate of drug-likeness (QED) is 0.533. The Morgan fingerprint density at radius 3 is 2.70 bits per heavy atom. The molecular weight excluding hydrogens is 392 g/mol. The van der Waals surface area contributed by atoms with Crippen molar-refractivity contribution in [1.29, 1.82) is 0 Å². The minimum atomic E-state index is -1.33. The molecule has 0 unspecified atom stereocenters. The van der Waals surface area contributed by atoms with E-state index in [2.05, 4.69) is 24.8 Å². The third-order valence-electron chi connectivity index (χ3n) is 7.98. The first-order chi connectivity index (χ1) is 14.4. The first-order valence-corrected chi connectivity index (χ1v) is 11.3. The second kappa shape index (κ2) is 7.19. The summed E-state index contributed by atoms with van der Waals surface area (Å²) in [5, 5.41) is 22.2. The van der Waals surface area contributed by atoms with Gasteiger partial charge in [-0.25, -0.2) is 0 Å². The summed E-state index contributed by atoms with van der Waals surface area (Å²) in [6.45, 7) is 2.19. The zero-order valence-electron chi connectivity index (χ0n) is 17.2. The summed E-state index contributed by atoms with van der Waals surface area (Å²) in [5.41, 5.74) is 1.85. The van der Waals surface area contributed by atoms with Crippen molar-refractivity contribution in [2.45, 2.75) is 50.5 Å². The fourth-order valence-corrected chi connectivity index (χ4v) is 6.66. The van der Waals surface area contributed by atoms with Crippen molar-refractivity contribution < 1.29 is 10.2 Å². The number of benzene rings is 2. The summed E-state index contributed by atoms with van der Waals surface area (Å²) in [6, 6.07) is 15.7. The van der Waals surface area contributed by atoms with Gasteiger partial charge in [0.05, 0.1) is 5.03 Å². The van der Waals surface area contributed by atoms with Gasteiger partial charge in [0.25, 0.3) is 0 Å². The average Bonchev–Trinajstić information content (AvgIpc) is 2.76. The van der Waals surface area contributed by atoms with Crippen molar-refractivity contribution in [2.75, 3.05) is 0 Å². The molecular formula is C27H27ClO2. The maximum Gasteiger partial charge on any atom is 0.166 e. The van der Waals surface area contributed by atoms with Crippen LogP contribution in [0.2, 0.25) is 0 Å². The SMILES string of the molecule is C[C@]12CC[C@@H]3c4ccc(O)cc4CC[C@H]3[C@@H]1CC=C(Cl)[C@@]2(O)C#Cc1ccccc1. The zero-order chi connectivity index (χ0) is 20.9. The first-order valence-electron chi connectivity index (χ1n) is 10.9. The van der Waals surface area contributed by atoms with Gasteiger partial charge in [-0.2, -0.15) is 0 Å². The van der Waals surface area contributed by atoms with Crippen molar-refractivity contribution in [2.24, 2.45) is 17.3 Å². The van der Waals surface area contributed by atoms with Crippen LogP contribution in [-0.4, -0.2) is 15.8 Å². The Labute approximate surface area is 183 Å². The number of halogens is 1. The smallest absolute Gasteiger partial charge is 0.166 e. The fraction of sp³-hybridized carbons (Fsp3) is 0.407. The van der Waals surface area contributed by atoms with E-state index >= 15 is 0 Å². The molecule has 30 heavy (non-hydrogen) atoms. The van der Waals surface area contributed by atoms with Crippen LogP contribution in [0.15, 0.2) is 59.6 Å². The summed E-state index contributed by atoms with van der Waals surface area (Å²) in [7, 11) is 0. The molecule has 0 saturated heterocycles. The van der Waals surface area contributed by atoms with E-state index in [-0.39, 0.29) is 5.41 Å². The van der Waals surface area contributed by atoms with E-state index in [9.17, 15) is 10.2 Å². The van der Waals surface area contributed by atoms with E-state index in [0.29, 0.717) is 28.5 Å². The van der Waals surface area contributed by atoms with Crippen LogP contribution < -0.4 is 0 Å². The van der Waals surface area contributed by atoms with Crippen molar-refractivity contribution in [3.05, 3.63) is 76.3 Å². The van der Waals surface area contributed by atoms with Gasteiger partial charge < -0.3 is 10.2 Å². The van der Waals surface area contributed by atoms with Gasteiger partial charge in [-0.15, -0.1) is 0 Å². The first kappa shape index (κ1) is 19.7. The molecule has 0 aliphatic heterocycles. The highest BCUT2D eigenvalue weighted by molar-refractivity contribution is 6.31. The summed E-state index contributed by atoms with van der Waals surface area (Å²) >= 11 is 6.65. The van der Waals surface area contributed by atoms with Crippen molar-refractivity contribution >= 4 is 11.6 Å². The molecule has 5 rings (SSSR count). The molecule has 0 radical (unpaired) electrons. The third kappa shape index (κ3) is 2.91. The Bertz CT molecular complexity index is 1060.